The lowest BCUT2D eigenvalue weighted by molar-refractivity contribution is -0.111. The summed E-state index contributed by atoms with van der Waals surface area (Å²) in [4.78, 5) is 14.7. The minimum absolute atomic E-state index is 0.0132. The Balaban J connectivity index is 3.71. The number of hydrogen-bond donors (Lipinski definition) is 0. The lowest BCUT2D eigenvalue weighted by atomic mass is 10.2. The molecule has 0 unspecified atom stereocenters. The lowest BCUT2D eigenvalue weighted by Gasteiger charge is -2.15. The highest BCUT2D eigenvalue weighted by atomic mass is 32.2. The van der Waals surface area contributed by atoms with Gasteiger partial charge in [0.1, 0.15) is 0 Å². The molecule has 0 radical (unpaired) electrons. The van der Waals surface area contributed by atoms with Gasteiger partial charge >= 0.3 is 0 Å². The quantitative estimate of drug-likeness (QED) is 0.532. The number of rotatable bonds is 4. The van der Waals surface area contributed by atoms with Crippen LogP contribution in [0.2, 0.25) is 0 Å². The highest BCUT2D eigenvalue weighted by Crippen LogP contribution is 2.25. The smallest absolute Gasteiger partial charge is 0.189 e. The maximum atomic E-state index is 11.5. The summed E-state index contributed by atoms with van der Waals surface area (Å²) < 4.78 is 0.0132. The van der Waals surface area contributed by atoms with Crippen LogP contribution < -0.4 is 0 Å². The molecule has 0 aliphatic carbocycles. The van der Waals surface area contributed by atoms with Gasteiger partial charge in [0.15, 0.2) is 10.8 Å². The number of unbranched alkanes of at least 4 members (excludes halogenated alkanes) is 1. The second kappa shape index (κ2) is 6.68. The molecule has 0 atom stereocenters. The van der Waals surface area contributed by atoms with E-state index in [1.807, 2.05) is 26.8 Å². The van der Waals surface area contributed by atoms with Crippen LogP contribution >= 0.6 is 11.8 Å². The number of hydrogen-bond acceptors (Lipinski definition) is 2. The molecular weight excluding hydrogens is 206 g/mol. The first kappa shape index (κ1) is 14.2. The van der Waals surface area contributed by atoms with Gasteiger partial charge in [0, 0.05) is 11.2 Å². The van der Waals surface area contributed by atoms with Crippen LogP contribution in [0.4, 0.5) is 0 Å². The zero-order valence-electron chi connectivity index (χ0n) is 9.96. The van der Waals surface area contributed by atoms with Crippen molar-refractivity contribution in [3.63, 3.8) is 0 Å². The summed E-state index contributed by atoms with van der Waals surface area (Å²) in [6, 6.07) is 0. The van der Waals surface area contributed by atoms with Crippen molar-refractivity contribution in [2.24, 2.45) is 0 Å². The van der Waals surface area contributed by atoms with E-state index >= 15 is 0 Å². The average Bonchev–Trinajstić information content (AvgIpc) is 2.09. The Bertz CT molecular complexity index is 281. The van der Waals surface area contributed by atoms with E-state index < -0.39 is 0 Å². The molecule has 0 bridgehead atoms. The molecule has 0 aliphatic rings. The third-order valence-corrected chi connectivity index (χ3v) is 2.67. The fourth-order valence-corrected chi connectivity index (χ4v) is 1.92. The molecule has 0 saturated carbocycles. The third-order valence-electron chi connectivity index (χ3n) is 1.62. The van der Waals surface area contributed by atoms with Gasteiger partial charge in [0.2, 0.25) is 0 Å². The van der Waals surface area contributed by atoms with E-state index in [9.17, 15) is 4.79 Å². The molecule has 0 rings (SSSR count). The zero-order valence-corrected chi connectivity index (χ0v) is 10.8. The van der Waals surface area contributed by atoms with Crippen molar-refractivity contribution in [3.8, 4) is 0 Å². The van der Waals surface area contributed by atoms with E-state index in [4.69, 9.17) is 6.57 Å². The largest absolute Gasteiger partial charge is 0.287 e. The van der Waals surface area contributed by atoms with Crippen molar-refractivity contribution in [3.05, 3.63) is 23.2 Å². The van der Waals surface area contributed by atoms with Crippen LogP contribution in [-0.4, -0.2) is 9.86 Å². The van der Waals surface area contributed by atoms with Crippen LogP contribution in [0.15, 0.2) is 11.8 Å². The standard InChI is InChI=1S/C12H19NOS/c1-10(13-5)8-6-7-9-11(14)15-12(2,3)4/h8H,6-7,9H2,1-4H3/b10-8+. The molecule has 0 aliphatic heterocycles. The van der Waals surface area contributed by atoms with Crippen LogP contribution in [0.1, 0.15) is 47.0 Å². The molecule has 84 valence electrons. The predicted molar refractivity (Wildman–Crippen MR) is 66.6 cm³/mol. The molecule has 2 nitrogen and oxygen atoms in total. The molecule has 0 heterocycles. The lowest BCUT2D eigenvalue weighted by Crippen LogP contribution is -2.11. The molecule has 0 amide bonds. The first-order chi connectivity index (χ1) is 6.85. The molecule has 0 spiro atoms. The predicted octanol–water partition coefficient (Wildman–Crippen LogP) is 4.04. The average molecular weight is 225 g/mol. The number of allylic oxidation sites excluding steroid dienone is 2. The van der Waals surface area contributed by atoms with Crippen molar-refractivity contribution in [2.75, 3.05) is 0 Å². The number of carbonyl (C=O) groups is 1. The van der Waals surface area contributed by atoms with E-state index in [2.05, 4.69) is 4.85 Å². The Labute approximate surface area is 97.0 Å². The second-order valence-electron chi connectivity index (χ2n) is 4.44. The van der Waals surface area contributed by atoms with E-state index in [0.29, 0.717) is 12.1 Å². The van der Waals surface area contributed by atoms with Crippen molar-refractivity contribution >= 4 is 16.9 Å². The van der Waals surface area contributed by atoms with Gasteiger partial charge in [-0.2, -0.15) is 0 Å². The SMILES string of the molecule is [C-]#[N+]/C(C)=C/CCCC(=O)SC(C)(C)C. The van der Waals surface area contributed by atoms with Gasteiger partial charge in [0.05, 0.1) is 6.57 Å². The summed E-state index contributed by atoms with van der Waals surface area (Å²) in [6.07, 6.45) is 4.16. The molecule has 0 saturated heterocycles. The van der Waals surface area contributed by atoms with Crippen molar-refractivity contribution < 1.29 is 4.79 Å². The normalized spacial score (nSPS) is 12.3. The fourth-order valence-electron chi connectivity index (χ4n) is 0.996. The van der Waals surface area contributed by atoms with Gasteiger partial charge in [0.25, 0.3) is 0 Å². The summed E-state index contributed by atoms with van der Waals surface area (Å²) in [7, 11) is 0. The fraction of sp³-hybridized carbons (Fsp3) is 0.667. The minimum atomic E-state index is 0.0132. The molecule has 0 aromatic heterocycles. The molecule has 0 aromatic rings. The van der Waals surface area contributed by atoms with Crippen LogP contribution in [0.3, 0.4) is 0 Å². The summed E-state index contributed by atoms with van der Waals surface area (Å²) in [5, 5.41) is 0.247. The minimum Gasteiger partial charge on any atom is -0.287 e. The van der Waals surface area contributed by atoms with Gasteiger partial charge in [-0.15, -0.1) is 0 Å². The topological polar surface area (TPSA) is 21.4 Å². The van der Waals surface area contributed by atoms with Gasteiger partial charge in [-0.05, 0) is 19.8 Å². The first-order valence-corrected chi connectivity index (χ1v) is 5.93. The van der Waals surface area contributed by atoms with E-state index in [1.54, 1.807) is 6.92 Å². The van der Waals surface area contributed by atoms with E-state index in [-0.39, 0.29) is 9.86 Å². The molecule has 0 N–H and O–H groups in total. The van der Waals surface area contributed by atoms with Gasteiger partial charge in [-0.25, -0.2) is 4.85 Å². The number of thioether (sulfide) groups is 1. The van der Waals surface area contributed by atoms with Gasteiger partial charge < -0.3 is 0 Å². The number of nitrogens with zero attached hydrogens (tertiary/aromatic N) is 1. The second-order valence-corrected chi connectivity index (χ2v) is 6.32. The Hall–Kier alpha value is -0.750. The van der Waals surface area contributed by atoms with Crippen molar-refractivity contribution in [2.45, 2.75) is 51.7 Å². The third kappa shape index (κ3) is 9.55. The van der Waals surface area contributed by atoms with Crippen molar-refractivity contribution in [1.82, 2.24) is 0 Å². The number of carbonyl (C=O) groups excluding carboxylic acids is 1. The van der Waals surface area contributed by atoms with Crippen LogP contribution in [0.5, 0.6) is 0 Å². The monoisotopic (exact) mass is 225 g/mol. The van der Waals surface area contributed by atoms with Crippen molar-refractivity contribution in [1.29, 1.82) is 0 Å². The Morgan fingerprint density at radius 1 is 1.47 bits per heavy atom. The van der Waals surface area contributed by atoms with Crippen LogP contribution in [0.25, 0.3) is 4.85 Å². The van der Waals surface area contributed by atoms with E-state index in [0.717, 1.165) is 12.8 Å². The molecule has 15 heavy (non-hydrogen) atoms. The summed E-state index contributed by atoms with van der Waals surface area (Å²) in [5.41, 5.74) is 0.714. The summed E-state index contributed by atoms with van der Waals surface area (Å²) in [6.45, 7) is 14.6. The van der Waals surface area contributed by atoms with E-state index in [1.165, 1.54) is 11.8 Å². The Kier molecular flexibility index (Phi) is 6.35. The van der Waals surface area contributed by atoms with Gasteiger partial charge in [-0.3, -0.25) is 4.79 Å². The molecule has 0 fully saturated rings. The summed E-state index contributed by atoms with van der Waals surface area (Å²) >= 11 is 1.40. The highest BCUT2D eigenvalue weighted by molar-refractivity contribution is 8.14. The van der Waals surface area contributed by atoms with Crippen LogP contribution in [-0.2, 0) is 4.79 Å². The molecular formula is C12H19NOS. The summed E-state index contributed by atoms with van der Waals surface area (Å²) in [5.74, 6) is 0. The molecule has 0 aromatic carbocycles. The highest BCUT2D eigenvalue weighted by Gasteiger charge is 2.15. The zero-order chi connectivity index (χ0) is 11.9. The Morgan fingerprint density at radius 2 is 2.07 bits per heavy atom. The van der Waals surface area contributed by atoms with Crippen LogP contribution in [0, 0.1) is 6.57 Å². The van der Waals surface area contributed by atoms with Gasteiger partial charge in [-0.1, -0.05) is 38.6 Å². The Morgan fingerprint density at radius 3 is 2.53 bits per heavy atom. The maximum Gasteiger partial charge on any atom is 0.189 e. The molecule has 3 heteroatoms. The first-order valence-electron chi connectivity index (χ1n) is 5.11. The maximum absolute atomic E-state index is 11.5.